The second-order valence-electron chi connectivity index (χ2n) is 4.50. The minimum atomic E-state index is -0.257. The smallest absolute Gasteiger partial charge is 0.303 e. The van der Waals surface area contributed by atoms with Crippen LogP contribution in [-0.2, 0) is 0 Å². The van der Waals surface area contributed by atoms with Gasteiger partial charge in [0.15, 0.2) is 0 Å². The maximum atomic E-state index is 12.3. The first-order chi connectivity index (χ1) is 8.54. The molecule has 1 unspecified atom stereocenters. The molecular weight excluding hydrogens is 232 g/mol. The first kappa shape index (κ1) is 12.5. The first-order valence-electron chi connectivity index (χ1n) is 5.83. The molecule has 0 bridgehead atoms. The molecule has 0 aliphatic carbocycles. The van der Waals surface area contributed by atoms with E-state index in [1.54, 1.807) is 45.8 Å². The molecule has 2 fully saturated rings. The summed E-state index contributed by atoms with van der Waals surface area (Å²) in [5.74, 6) is 0. The summed E-state index contributed by atoms with van der Waals surface area (Å²) in [5.41, 5.74) is 0. The normalized spacial score (nSPS) is 27.0. The van der Waals surface area contributed by atoms with Crippen LogP contribution in [0.5, 0.6) is 0 Å². The van der Waals surface area contributed by atoms with Crippen molar-refractivity contribution in [3.8, 4) is 0 Å². The number of amides is 4. The van der Waals surface area contributed by atoms with Crippen molar-refractivity contribution in [2.45, 2.75) is 12.3 Å². The zero-order chi connectivity index (χ0) is 13.4. The van der Waals surface area contributed by atoms with Gasteiger partial charge >= 0.3 is 12.1 Å². The number of hydrogen-bond donors (Lipinski definition) is 0. The lowest BCUT2D eigenvalue weighted by Crippen LogP contribution is -2.44. The van der Waals surface area contributed by atoms with Crippen molar-refractivity contribution in [3.63, 3.8) is 0 Å². The number of nitrogens with zero attached hydrogens (tertiary/aromatic N) is 4. The van der Waals surface area contributed by atoms with Crippen LogP contribution in [0.2, 0.25) is 0 Å². The maximum Gasteiger partial charge on any atom is 0.324 e. The number of fused-ring (bicyclic) bond motifs is 1. The third kappa shape index (κ3) is 1.48. The van der Waals surface area contributed by atoms with E-state index in [0.29, 0.717) is 13.1 Å². The minimum absolute atomic E-state index is 0.0828. The van der Waals surface area contributed by atoms with Gasteiger partial charge in [-0.1, -0.05) is 12.2 Å². The van der Waals surface area contributed by atoms with E-state index in [0.717, 1.165) is 0 Å². The highest BCUT2D eigenvalue weighted by molar-refractivity contribution is 5.85. The molecule has 2 aliphatic heterocycles. The number of urea groups is 2. The predicted molar refractivity (Wildman–Crippen MR) is 67.7 cm³/mol. The van der Waals surface area contributed by atoms with E-state index in [1.165, 1.54) is 0 Å². The van der Waals surface area contributed by atoms with E-state index >= 15 is 0 Å². The molecule has 4 amide bonds. The van der Waals surface area contributed by atoms with Gasteiger partial charge in [0.2, 0.25) is 0 Å². The Kier molecular flexibility index (Phi) is 3.02. The molecule has 2 rings (SSSR count). The number of hydrogen-bond acceptors (Lipinski definition) is 2. The molecule has 0 aromatic heterocycles. The molecule has 0 spiro atoms. The van der Waals surface area contributed by atoms with Gasteiger partial charge in [-0.05, 0) is 0 Å². The van der Waals surface area contributed by atoms with Crippen molar-refractivity contribution in [2.24, 2.45) is 0 Å². The molecule has 2 aliphatic rings. The molecular formula is C12H18N4O2. The summed E-state index contributed by atoms with van der Waals surface area (Å²) in [6.07, 6.45) is 2.83. The number of carbonyl (C=O) groups is 2. The van der Waals surface area contributed by atoms with E-state index in [-0.39, 0.29) is 24.4 Å². The molecule has 6 heteroatoms. The Labute approximate surface area is 107 Å². The Balaban J connectivity index is 2.37. The van der Waals surface area contributed by atoms with Crippen LogP contribution < -0.4 is 0 Å². The number of likely N-dealkylation sites (N-methyl/N-ethyl adjacent to an activating group) is 2. The zero-order valence-corrected chi connectivity index (χ0v) is 10.7. The van der Waals surface area contributed by atoms with Gasteiger partial charge in [-0.3, -0.25) is 9.80 Å². The highest BCUT2D eigenvalue weighted by atomic mass is 16.2. The van der Waals surface area contributed by atoms with Gasteiger partial charge < -0.3 is 9.80 Å². The Morgan fingerprint density at radius 2 is 1.33 bits per heavy atom. The zero-order valence-electron chi connectivity index (χ0n) is 10.7. The summed E-state index contributed by atoms with van der Waals surface area (Å²) in [5, 5.41) is 0. The minimum Gasteiger partial charge on any atom is -0.303 e. The molecule has 2 heterocycles. The van der Waals surface area contributed by atoms with Crippen LogP contribution in [-0.4, -0.2) is 71.2 Å². The molecule has 2 saturated heterocycles. The van der Waals surface area contributed by atoms with E-state index < -0.39 is 0 Å². The van der Waals surface area contributed by atoms with Gasteiger partial charge in [0.05, 0.1) is 0 Å². The van der Waals surface area contributed by atoms with E-state index in [9.17, 15) is 9.59 Å². The second-order valence-corrected chi connectivity index (χ2v) is 4.50. The van der Waals surface area contributed by atoms with Crippen molar-refractivity contribution in [3.05, 3.63) is 25.3 Å². The van der Waals surface area contributed by atoms with Crippen LogP contribution in [0.25, 0.3) is 0 Å². The fraction of sp³-hybridized carbons (Fsp3) is 0.500. The lowest BCUT2D eigenvalue weighted by atomic mass is 10.3. The molecule has 0 aromatic carbocycles. The quantitative estimate of drug-likeness (QED) is 0.691. The highest BCUT2D eigenvalue weighted by Crippen LogP contribution is 2.32. The average Bonchev–Trinajstić information content (AvgIpc) is 2.73. The van der Waals surface area contributed by atoms with Gasteiger partial charge in [-0.2, -0.15) is 0 Å². The molecule has 98 valence electrons. The summed E-state index contributed by atoms with van der Waals surface area (Å²) in [4.78, 5) is 30.7. The fourth-order valence-corrected chi connectivity index (χ4v) is 2.66. The Hall–Kier alpha value is -1.98. The van der Waals surface area contributed by atoms with Crippen LogP contribution in [0.1, 0.15) is 0 Å². The van der Waals surface area contributed by atoms with Crippen LogP contribution in [0.15, 0.2) is 25.3 Å². The molecule has 0 N–H and O–H groups in total. The summed E-state index contributed by atoms with van der Waals surface area (Å²) in [6, 6.07) is -0.170. The summed E-state index contributed by atoms with van der Waals surface area (Å²) in [7, 11) is 3.43. The SMILES string of the molecule is C=CCN1C(=O)N(CC=C)[C@@H]2C1N(C)C(=O)N2C. The molecule has 0 radical (unpaired) electrons. The number of rotatable bonds is 4. The monoisotopic (exact) mass is 250 g/mol. The van der Waals surface area contributed by atoms with Crippen molar-refractivity contribution >= 4 is 12.1 Å². The third-order valence-corrected chi connectivity index (χ3v) is 3.45. The molecule has 6 nitrogen and oxygen atoms in total. The van der Waals surface area contributed by atoms with Gasteiger partial charge in [-0.15, -0.1) is 13.2 Å². The van der Waals surface area contributed by atoms with Crippen LogP contribution in [0.3, 0.4) is 0 Å². The lowest BCUT2D eigenvalue weighted by Gasteiger charge is -2.25. The maximum absolute atomic E-state index is 12.3. The van der Waals surface area contributed by atoms with Crippen LogP contribution in [0, 0.1) is 0 Å². The highest BCUT2D eigenvalue weighted by Gasteiger charge is 2.56. The van der Waals surface area contributed by atoms with Gasteiger partial charge in [0, 0.05) is 27.2 Å². The summed E-state index contributed by atoms with van der Waals surface area (Å²) in [6.45, 7) is 8.17. The van der Waals surface area contributed by atoms with Crippen molar-refractivity contribution in [1.82, 2.24) is 19.6 Å². The summed E-state index contributed by atoms with van der Waals surface area (Å²) < 4.78 is 0. The molecule has 18 heavy (non-hydrogen) atoms. The standard InChI is InChI=1S/C12H18N4O2/c1-5-7-15-9-10(14(4)11(17)13(9)3)16(8-6-2)12(15)18/h5-6,9-10H,1-2,7-8H2,3-4H3/t9-,10?/m1/s1. The van der Waals surface area contributed by atoms with Crippen LogP contribution in [0.4, 0.5) is 9.59 Å². The lowest BCUT2D eigenvalue weighted by molar-refractivity contribution is 0.150. The first-order valence-corrected chi connectivity index (χ1v) is 5.83. The van der Waals surface area contributed by atoms with E-state index in [1.807, 2.05) is 0 Å². The van der Waals surface area contributed by atoms with Gasteiger partial charge in [0.1, 0.15) is 12.3 Å². The number of carbonyl (C=O) groups excluding carboxylic acids is 2. The molecule has 2 atom stereocenters. The van der Waals surface area contributed by atoms with Crippen LogP contribution >= 0.6 is 0 Å². The Bertz CT molecular complexity index is 375. The molecule has 0 aromatic rings. The van der Waals surface area contributed by atoms with Gasteiger partial charge in [0.25, 0.3) is 0 Å². The second kappa shape index (κ2) is 4.36. The largest absolute Gasteiger partial charge is 0.324 e. The van der Waals surface area contributed by atoms with Crippen molar-refractivity contribution in [2.75, 3.05) is 27.2 Å². The molecule has 0 saturated carbocycles. The predicted octanol–water partition coefficient (Wildman–Crippen LogP) is 0.745. The Morgan fingerprint density at radius 3 is 1.67 bits per heavy atom. The third-order valence-electron chi connectivity index (χ3n) is 3.45. The fourth-order valence-electron chi connectivity index (χ4n) is 2.66. The van der Waals surface area contributed by atoms with Gasteiger partial charge in [-0.25, -0.2) is 9.59 Å². The van der Waals surface area contributed by atoms with Crippen molar-refractivity contribution in [1.29, 1.82) is 0 Å². The Morgan fingerprint density at radius 1 is 0.944 bits per heavy atom. The average molecular weight is 250 g/mol. The van der Waals surface area contributed by atoms with E-state index in [4.69, 9.17) is 0 Å². The van der Waals surface area contributed by atoms with E-state index in [2.05, 4.69) is 13.2 Å². The topological polar surface area (TPSA) is 47.1 Å². The summed E-state index contributed by atoms with van der Waals surface area (Å²) >= 11 is 0. The van der Waals surface area contributed by atoms with Crippen molar-refractivity contribution < 1.29 is 9.59 Å².